The van der Waals surface area contributed by atoms with Gasteiger partial charge in [0.25, 0.3) is 0 Å². The predicted octanol–water partition coefficient (Wildman–Crippen LogP) is 5.13. The highest BCUT2D eigenvalue weighted by Crippen LogP contribution is 2.32. The third kappa shape index (κ3) is 5.47. The smallest absolute Gasteiger partial charge is 0.338 e. The van der Waals surface area contributed by atoms with Crippen LogP contribution in [0.5, 0.6) is 0 Å². The number of rotatable bonds is 9. The van der Waals surface area contributed by atoms with Crippen molar-refractivity contribution in [2.45, 2.75) is 52.5 Å². The first-order chi connectivity index (χ1) is 16.4. The fourth-order valence-electron chi connectivity index (χ4n) is 4.24. The molecule has 2 N–H and O–H groups in total. The Hall–Kier alpha value is -3.61. The molecule has 1 aliphatic rings. The summed E-state index contributed by atoms with van der Waals surface area (Å²) in [5.41, 5.74) is 3.37. The summed E-state index contributed by atoms with van der Waals surface area (Å²) in [6.45, 7) is 8.25. The maximum absolute atomic E-state index is 12.9. The minimum Gasteiger partial charge on any atom is -0.463 e. The van der Waals surface area contributed by atoms with Crippen LogP contribution in [0.1, 0.15) is 63.6 Å². The van der Waals surface area contributed by atoms with Crippen LogP contribution in [0.3, 0.4) is 0 Å². The molecule has 0 aliphatic carbocycles. The van der Waals surface area contributed by atoms with Gasteiger partial charge in [0.05, 0.1) is 24.1 Å². The van der Waals surface area contributed by atoms with E-state index in [0.29, 0.717) is 29.9 Å². The number of nitrogens with one attached hydrogen (secondary N) is 2. The molecule has 0 radical (unpaired) electrons. The Balaban J connectivity index is 1.84. The Kier molecular flexibility index (Phi) is 8.46. The van der Waals surface area contributed by atoms with Gasteiger partial charge in [0.2, 0.25) is 5.91 Å². The second-order valence-electron chi connectivity index (χ2n) is 8.24. The van der Waals surface area contributed by atoms with Gasteiger partial charge in [0.1, 0.15) is 0 Å². The molecule has 3 rings (SSSR count). The monoisotopic (exact) mass is 463 g/mol. The van der Waals surface area contributed by atoms with E-state index in [2.05, 4.69) is 10.6 Å². The molecular formula is C27H33N3O4. The van der Waals surface area contributed by atoms with E-state index in [4.69, 9.17) is 4.74 Å². The molecule has 2 aromatic rings. The molecule has 2 unspecified atom stereocenters. The van der Waals surface area contributed by atoms with Gasteiger partial charge in [-0.1, -0.05) is 56.3 Å². The van der Waals surface area contributed by atoms with Gasteiger partial charge in [-0.05, 0) is 49.9 Å². The average Bonchev–Trinajstić information content (AvgIpc) is 2.83. The summed E-state index contributed by atoms with van der Waals surface area (Å²) >= 11 is 0. The van der Waals surface area contributed by atoms with Gasteiger partial charge < -0.3 is 15.4 Å². The second-order valence-corrected chi connectivity index (χ2v) is 8.24. The molecule has 0 aromatic heterocycles. The lowest BCUT2D eigenvalue weighted by molar-refractivity contribution is -0.139. The third-order valence-electron chi connectivity index (χ3n) is 5.98. The van der Waals surface area contributed by atoms with E-state index in [-0.39, 0.29) is 24.5 Å². The number of hydrogen-bond donors (Lipinski definition) is 2. The van der Waals surface area contributed by atoms with Crippen molar-refractivity contribution < 1.29 is 19.1 Å². The van der Waals surface area contributed by atoms with E-state index >= 15 is 0 Å². The number of allylic oxidation sites excluding steroid dienone is 1. The Morgan fingerprint density at radius 1 is 1.06 bits per heavy atom. The zero-order valence-electron chi connectivity index (χ0n) is 20.3. The molecule has 7 heteroatoms. The van der Waals surface area contributed by atoms with Crippen molar-refractivity contribution in [3.63, 3.8) is 0 Å². The van der Waals surface area contributed by atoms with Crippen molar-refractivity contribution in [1.29, 1.82) is 0 Å². The summed E-state index contributed by atoms with van der Waals surface area (Å²) < 4.78 is 5.29. The molecule has 0 saturated heterocycles. The lowest BCUT2D eigenvalue weighted by Gasteiger charge is -2.35. The molecule has 3 amide bonds. The molecule has 0 bridgehead atoms. The van der Waals surface area contributed by atoms with Gasteiger partial charge in [0, 0.05) is 17.9 Å². The van der Waals surface area contributed by atoms with E-state index < -0.39 is 12.0 Å². The second kappa shape index (κ2) is 11.5. The molecule has 34 heavy (non-hydrogen) atoms. The summed E-state index contributed by atoms with van der Waals surface area (Å²) in [6.07, 6.45) is 1.45. The Bertz CT molecular complexity index is 1050. The topological polar surface area (TPSA) is 87.7 Å². The standard InChI is InChI=1S/C27H33N3O4/c1-5-17-30-18(4)23(26(32)34-7-3)24(29-27(30)33)20-13-15-21(16-14-20)28-25(31)22(6-2)19-11-9-8-10-12-19/h8-16,22,24H,5-7,17H2,1-4H3,(H,28,31)(H,29,33). The molecule has 2 atom stereocenters. The highest BCUT2D eigenvalue weighted by atomic mass is 16.5. The first kappa shape index (κ1) is 25.0. The number of anilines is 1. The first-order valence-corrected chi connectivity index (χ1v) is 11.8. The number of hydrogen-bond acceptors (Lipinski definition) is 4. The minimum atomic E-state index is -0.628. The highest BCUT2D eigenvalue weighted by Gasteiger charge is 2.36. The van der Waals surface area contributed by atoms with Crippen LogP contribution in [0.25, 0.3) is 0 Å². The molecule has 7 nitrogen and oxygen atoms in total. The Morgan fingerprint density at radius 3 is 2.32 bits per heavy atom. The average molecular weight is 464 g/mol. The Morgan fingerprint density at radius 2 is 1.74 bits per heavy atom. The van der Waals surface area contributed by atoms with Crippen LogP contribution < -0.4 is 10.6 Å². The fraction of sp³-hybridized carbons (Fsp3) is 0.370. The zero-order valence-corrected chi connectivity index (χ0v) is 20.3. The number of nitrogens with zero attached hydrogens (tertiary/aromatic N) is 1. The van der Waals surface area contributed by atoms with Crippen molar-refractivity contribution in [3.8, 4) is 0 Å². The molecule has 1 heterocycles. The molecular weight excluding hydrogens is 430 g/mol. The first-order valence-electron chi connectivity index (χ1n) is 11.8. The largest absolute Gasteiger partial charge is 0.463 e. The third-order valence-corrected chi connectivity index (χ3v) is 5.98. The molecule has 2 aromatic carbocycles. The van der Waals surface area contributed by atoms with Crippen molar-refractivity contribution in [2.24, 2.45) is 0 Å². The molecule has 0 saturated carbocycles. The van der Waals surface area contributed by atoms with Crippen molar-refractivity contribution in [1.82, 2.24) is 10.2 Å². The lowest BCUT2D eigenvalue weighted by atomic mass is 9.94. The quantitative estimate of drug-likeness (QED) is 0.505. The van der Waals surface area contributed by atoms with Gasteiger partial charge >= 0.3 is 12.0 Å². The van der Waals surface area contributed by atoms with Gasteiger partial charge in [-0.3, -0.25) is 9.69 Å². The van der Waals surface area contributed by atoms with Crippen LogP contribution in [0, 0.1) is 0 Å². The molecule has 1 aliphatic heterocycles. The number of carbonyl (C=O) groups excluding carboxylic acids is 3. The summed E-state index contributed by atoms with van der Waals surface area (Å²) in [5, 5.41) is 5.92. The normalized spacial score (nSPS) is 16.6. The lowest BCUT2D eigenvalue weighted by Crippen LogP contribution is -2.48. The maximum Gasteiger partial charge on any atom is 0.338 e. The van der Waals surface area contributed by atoms with Crippen LogP contribution in [0.2, 0.25) is 0 Å². The van der Waals surface area contributed by atoms with E-state index in [1.54, 1.807) is 30.9 Å². The van der Waals surface area contributed by atoms with E-state index in [9.17, 15) is 14.4 Å². The zero-order chi connectivity index (χ0) is 24.7. The molecule has 0 spiro atoms. The van der Waals surface area contributed by atoms with Gasteiger partial charge in [-0.2, -0.15) is 0 Å². The molecule has 0 fully saturated rings. The van der Waals surface area contributed by atoms with Crippen LogP contribution in [-0.4, -0.2) is 36.0 Å². The molecule has 180 valence electrons. The van der Waals surface area contributed by atoms with Crippen molar-refractivity contribution in [2.75, 3.05) is 18.5 Å². The number of urea groups is 1. The van der Waals surface area contributed by atoms with Crippen LogP contribution >= 0.6 is 0 Å². The SMILES string of the molecule is CCCN1C(=O)NC(c2ccc(NC(=O)C(CC)c3ccccc3)cc2)C(C(=O)OCC)=C1C. The summed E-state index contributed by atoms with van der Waals surface area (Å²) in [5.74, 6) is -0.772. The fourth-order valence-corrected chi connectivity index (χ4v) is 4.24. The van der Waals surface area contributed by atoms with E-state index in [1.165, 1.54) is 0 Å². The van der Waals surface area contributed by atoms with E-state index in [1.807, 2.05) is 56.3 Å². The van der Waals surface area contributed by atoms with Crippen LogP contribution in [0.4, 0.5) is 10.5 Å². The highest BCUT2D eigenvalue weighted by molar-refractivity contribution is 5.96. The predicted molar refractivity (Wildman–Crippen MR) is 132 cm³/mol. The van der Waals surface area contributed by atoms with Gasteiger partial charge in [-0.25, -0.2) is 9.59 Å². The summed E-state index contributed by atoms with van der Waals surface area (Å²) in [6, 6.07) is 16.0. The van der Waals surface area contributed by atoms with Gasteiger partial charge in [-0.15, -0.1) is 0 Å². The number of benzene rings is 2. The Labute approximate surface area is 201 Å². The van der Waals surface area contributed by atoms with Crippen LogP contribution in [0.15, 0.2) is 65.9 Å². The summed E-state index contributed by atoms with van der Waals surface area (Å²) in [7, 11) is 0. The van der Waals surface area contributed by atoms with Gasteiger partial charge in [0.15, 0.2) is 0 Å². The minimum absolute atomic E-state index is 0.0782. The van der Waals surface area contributed by atoms with E-state index in [0.717, 1.165) is 17.5 Å². The maximum atomic E-state index is 12.9. The van der Waals surface area contributed by atoms with Crippen LogP contribution in [-0.2, 0) is 14.3 Å². The summed E-state index contributed by atoms with van der Waals surface area (Å²) in [4.78, 5) is 40.0. The number of esters is 1. The number of carbonyl (C=O) groups is 3. The number of amides is 3. The van der Waals surface area contributed by atoms with Crippen molar-refractivity contribution in [3.05, 3.63) is 77.0 Å². The number of ether oxygens (including phenoxy) is 1. The van der Waals surface area contributed by atoms with Crippen molar-refractivity contribution >= 4 is 23.6 Å².